The fourth-order valence-corrected chi connectivity index (χ4v) is 2.91. The maximum atomic E-state index is 14.6. The number of hydrogen-bond acceptors (Lipinski definition) is 5. The van der Waals surface area contributed by atoms with Gasteiger partial charge in [-0.25, -0.2) is 13.9 Å². The maximum Gasteiger partial charge on any atom is 0.137 e. The highest BCUT2D eigenvalue weighted by Crippen LogP contribution is 2.45. The average Bonchev–Trinajstić information content (AvgIpc) is 3.02. The van der Waals surface area contributed by atoms with Gasteiger partial charge in [-0.05, 0) is 19.1 Å². The fourth-order valence-electron chi connectivity index (χ4n) is 2.91. The van der Waals surface area contributed by atoms with Crippen LogP contribution >= 0.6 is 0 Å². The second-order valence-corrected chi connectivity index (χ2v) is 5.55. The smallest absolute Gasteiger partial charge is 0.137 e. The van der Waals surface area contributed by atoms with E-state index >= 15 is 0 Å². The minimum absolute atomic E-state index is 0.432. The van der Waals surface area contributed by atoms with Gasteiger partial charge in [-0.2, -0.15) is 5.10 Å². The van der Waals surface area contributed by atoms with Crippen LogP contribution in [0.2, 0.25) is 0 Å². The van der Waals surface area contributed by atoms with Gasteiger partial charge in [0.25, 0.3) is 0 Å². The van der Waals surface area contributed by atoms with E-state index in [2.05, 4.69) is 10.1 Å². The lowest BCUT2D eigenvalue weighted by Crippen LogP contribution is -2.43. The van der Waals surface area contributed by atoms with Crippen molar-refractivity contribution in [2.45, 2.75) is 31.7 Å². The van der Waals surface area contributed by atoms with Gasteiger partial charge in [0.05, 0.1) is 30.1 Å². The number of ether oxygens (including phenoxy) is 1. The zero-order chi connectivity index (χ0) is 15.2. The molecule has 21 heavy (non-hydrogen) atoms. The summed E-state index contributed by atoms with van der Waals surface area (Å²) >= 11 is 0. The Morgan fingerprint density at radius 1 is 1.38 bits per heavy atom. The highest BCUT2D eigenvalue weighted by atomic mass is 19.1. The van der Waals surface area contributed by atoms with Gasteiger partial charge in [0.1, 0.15) is 24.2 Å². The van der Waals surface area contributed by atoms with Crippen molar-refractivity contribution < 1.29 is 19.3 Å². The quantitative estimate of drug-likeness (QED) is 0.876. The summed E-state index contributed by atoms with van der Waals surface area (Å²) in [5, 5.41) is 23.1. The van der Waals surface area contributed by atoms with E-state index in [4.69, 9.17) is 4.74 Å². The molecule has 0 amide bonds. The average molecular weight is 295 g/mol. The van der Waals surface area contributed by atoms with Gasteiger partial charge in [0.2, 0.25) is 0 Å². The first-order chi connectivity index (χ1) is 10.0. The summed E-state index contributed by atoms with van der Waals surface area (Å²) < 4.78 is 21.9. The van der Waals surface area contributed by atoms with E-state index in [0.717, 1.165) is 11.2 Å². The maximum absolute atomic E-state index is 14.6. The molecule has 0 radical (unpaired) electrons. The number of aryl methyl sites for hydroxylation is 1. The topological polar surface area (TPSA) is 79.9 Å². The van der Waals surface area contributed by atoms with Gasteiger partial charge in [-0.3, -0.25) is 0 Å². The van der Waals surface area contributed by atoms with Crippen molar-refractivity contribution in [1.82, 2.24) is 14.6 Å². The Morgan fingerprint density at radius 3 is 2.71 bits per heavy atom. The first-order valence-corrected chi connectivity index (χ1v) is 6.87. The number of aliphatic hydroxyl groups is 2. The molecule has 6 nitrogen and oxygen atoms in total. The number of rotatable bonds is 3. The first kappa shape index (κ1) is 14.4. The van der Waals surface area contributed by atoms with Crippen LogP contribution in [-0.4, -0.2) is 49.8 Å². The molecule has 2 aromatic heterocycles. The third-order valence-electron chi connectivity index (χ3n) is 4.46. The Labute approximate surface area is 121 Å². The summed E-state index contributed by atoms with van der Waals surface area (Å²) in [6.45, 7) is 2.61. The highest BCUT2D eigenvalue weighted by Gasteiger charge is 2.54. The Morgan fingerprint density at radius 2 is 2.10 bits per heavy atom. The van der Waals surface area contributed by atoms with Gasteiger partial charge in [0, 0.05) is 5.92 Å². The predicted molar refractivity (Wildman–Crippen MR) is 72.5 cm³/mol. The lowest BCUT2D eigenvalue weighted by Gasteiger charge is -2.28. The first-order valence-electron chi connectivity index (χ1n) is 6.87. The predicted octanol–water partition coefficient (Wildman–Crippen LogP) is 0.807. The molecular formula is C14H18FN3O3. The van der Waals surface area contributed by atoms with Gasteiger partial charge >= 0.3 is 0 Å². The standard InChI is InChI=1S/C14H18FN3O3/c1-8-12(15)13(21-14(8,5-19)6-20)11-4-3-10-9(2)16-7-17-18(10)11/h3-4,7-8,12-13,19-20H,5-6H2,1-2H3/t8-,12+,13-/m0/s1. The van der Waals surface area contributed by atoms with Crippen molar-refractivity contribution in [3.63, 3.8) is 0 Å². The zero-order valence-corrected chi connectivity index (χ0v) is 11.9. The van der Waals surface area contributed by atoms with Crippen molar-refractivity contribution in [2.75, 3.05) is 13.2 Å². The summed E-state index contributed by atoms with van der Waals surface area (Å²) in [7, 11) is 0. The number of hydrogen-bond donors (Lipinski definition) is 2. The summed E-state index contributed by atoms with van der Waals surface area (Å²) in [6, 6.07) is 3.55. The van der Waals surface area contributed by atoms with Crippen molar-refractivity contribution in [3.8, 4) is 0 Å². The third-order valence-corrected chi connectivity index (χ3v) is 4.46. The van der Waals surface area contributed by atoms with E-state index < -0.39 is 37.0 Å². The molecule has 0 spiro atoms. The number of nitrogens with zero attached hydrogens (tertiary/aromatic N) is 3. The molecule has 2 aromatic rings. The SMILES string of the molecule is Cc1ncnn2c([C@@H]3OC(CO)(CO)[C@@H](C)[C@H]3F)ccc12. The normalized spacial score (nSPS) is 28.3. The summed E-state index contributed by atoms with van der Waals surface area (Å²) in [6.07, 6.45) is -0.809. The van der Waals surface area contributed by atoms with Gasteiger partial charge in [0.15, 0.2) is 0 Å². The van der Waals surface area contributed by atoms with Crippen LogP contribution in [0.3, 0.4) is 0 Å². The van der Waals surface area contributed by atoms with Crippen LogP contribution in [0, 0.1) is 12.8 Å². The van der Waals surface area contributed by atoms with Crippen LogP contribution in [0.5, 0.6) is 0 Å². The molecule has 3 heterocycles. The fraction of sp³-hybridized carbons (Fsp3) is 0.571. The van der Waals surface area contributed by atoms with Crippen molar-refractivity contribution >= 4 is 5.52 Å². The molecule has 1 fully saturated rings. The lowest BCUT2D eigenvalue weighted by atomic mass is 9.88. The van der Waals surface area contributed by atoms with Crippen molar-refractivity contribution in [3.05, 3.63) is 29.8 Å². The Kier molecular flexibility index (Phi) is 3.43. The summed E-state index contributed by atoms with van der Waals surface area (Å²) in [5.41, 5.74) is 0.851. The summed E-state index contributed by atoms with van der Waals surface area (Å²) in [5.74, 6) is -0.619. The minimum atomic E-state index is -1.34. The van der Waals surface area contributed by atoms with Gasteiger partial charge in [-0.1, -0.05) is 6.92 Å². The van der Waals surface area contributed by atoms with Crippen LogP contribution in [0.1, 0.15) is 24.4 Å². The molecule has 2 N–H and O–H groups in total. The Balaban J connectivity index is 2.06. The molecule has 1 aliphatic rings. The molecule has 114 valence electrons. The summed E-state index contributed by atoms with van der Waals surface area (Å²) in [4.78, 5) is 4.10. The monoisotopic (exact) mass is 295 g/mol. The van der Waals surface area contributed by atoms with E-state index in [1.165, 1.54) is 6.33 Å². The number of halogens is 1. The molecule has 0 aliphatic carbocycles. The Hall–Kier alpha value is -1.57. The minimum Gasteiger partial charge on any atom is -0.393 e. The molecule has 1 saturated heterocycles. The molecular weight excluding hydrogens is 277 g/mol. The van der Waals surface area contributed by atoms with Crippen LogP contribution in [0.15, 0.2) is 18.5 Å². The molecule has 3 atom stereocenters. The van der Waals surface area contributed by atoms with E-state index in [9.17, 15) is 14.6 Å². The molecule has 7 heteroatoms. The van der Waals surface area contributed by atoms with Crippen LogP contribution in [0.25, 0.3) is 5.52 Å². The number of fused-ring (bicyclic) bond motifs is 1. The number of alkyl halides is 1. The molecule has 1 aliphatic heterocycles. The lowest BCUT2D eigenvalue weighted by molar-refractivity contribution is -0.118. The molecule has 0 bridgehead atoms. The van der Waals surface area contributed by atoms with E-state index in [-0.39, 0.29) is 0 Å². The van der Waals surface area contributed by atoms with E-state index in [1.54, 1.807) is 17.5 Å². The third kappa shape index (κ3) is 1.96. The second kappa shape index (κ2) is 5.01. The molecule has 0 saturated carbocycles. The molecule has 3 rings (SSSR count). The van der Waals surface area contributed by atoms with Gasteiger partial charge in [-0.15, -0.1) is 0 Å². The molecule has 0 aromatic carbocycles. The van der Waals surface area contributed by atoms with Crippen LogP contribution < -0.4 is 0 Å². The Bertz CT molecular complexity index is 656. The number of aromatic nitrogens is 3. The van der Waals surface area contributed by atoms with Crippen molar-refractivity contribution in [1.29, 1.82) is 0 Å². The van der Waals surface area contributed by atoms with E-state index in [1.807, 2.05) is 13.0 Å². The second-order valence-electron chi connectivity index (χ2n) is 5.55. The molecule has 0 unspecified atom stereocenters. The number of aliphatic hydroxyl groups excluding tert-OH is 2. The van der Waals surface area contributed by atoms with E-state index in [0.29, 0.717) is 5.69 Å². The van der Waals surface area contributed by atoms with Crippen LogP contribution in [-0.2, 0) is 4.74 Å². The van der Waals surface area contributed by atoms with Crippen molar-refractivity contribution in [2.24, 2.45) is 5.92 Å². The zero-order valence-electron chi connectivity index (χ0n) is 11.9. The largest absolute Gasteiger partial charge is 0.393 e. The van der Waals surface area contributed by atoms with Gasteiger partial charge < -0.3 is 14.9 Å². The highest BCUT2D eigenvalue weighted by molar-refractivity contribution is 5.52. The van der Waals surface area contributed by atoms with Crippen LogP contribution in [0.4, 0.5) is 4.39 Å².